The van der Waals surface area contributed by atoms with Crippen molar-refractivity contribution < 1.29 is 19.1 Å². The lowest BCUT2D eigenvalue weighted by atomic mass is 10.2. The number of nitrogens with zero attached hydrogens (tertiary/aromatic N) is 2. The van der Waals surface area contributed by atoms with Crippen LogP contribution in [0.25, 0.3) is 0 Å². The topological polar surface area (TPSA) is 82.5 Å². The number of carbonyl (C=O) groups excluding carboxylic acids is 2. The van der Waals surface area contributed by atoms with Gasteiger partial charge in [-0.1, -0.05) is 0 Å². The molecule has 0 aliphatic heterocycles. The number of aryl methyl sites for hydroxylation is 2. The van der Waals surface area contributed by atoms with E-state index in [0.717, 1.165) is 0 Å². The molecule has 128 valence electrons. The Morgan fingerprint density at radius 1 is 1.17 bits per heavy atom. The standard InChI is InChI=1S/C17H21N3O4/c1-5-23-13-9-7-12(8-10-13)16(21)18-15-14(17(22)24-6-2)11(3)19-20(15)4/h7-10H,5-6H2,1-4H3,(H,18,21). The maximum atomic E-state index is 12.4. The highest BCUT2D eigenvalue weighted by Gasteiger charge is 2.23. The lowest BCUT2D eigenvalue weighted by Crippen LogP contribution is -2.17. The average molecular weight is 331 g/mol. The lowest BCUT2D eigenvalue weighted by Gasteiger charge is -2.09. The molecule has 0 bridgehead atoms. The first-order valence-corrected chi connectivity index (χ1v) is 7.72. The molecule has 0 saturated heterocycles. The van der Waals surface area contributed by atoms with Crippen LogP contribution in [0.2, 0.25) is 0 Å². The molecule has 0 atom stereocenters. The third-order valence-electron chi connectivity index (χ3n) is 3.36. The quantitative estimate of drug-likeness (QED) is 0.823. The Kier molecular flexibility index (Phi) is 5.57. The molecule has 1 amide bonds. The van der Waals surface area contributed by atoms with Crippen LogP contribution in [0.1, 0.15) is 40.3 Å². The second-order valence-electron chi connectivity index (χ2n) is 5.06. The summed E-state index contributed by atoms with van der Waals surface area (Å²) in [6, 6.07) is 6.76. The van der Waals surface area contributed by atoms with Crippen molar-refractivity contribution in [3.63, 3.8) is 0 Å². The molecule has 1 aromatic carbocycles. The molecular formula is C17H21N3O4. The van der Waals surface area contributed by atoms with Crippen LogP contribution in [-0.2, 0) is 11.8 Å². The number of benzene rings is 1. The number of amides is 1. The van der Waals surface area contributed by atoms with E-state index in [4.69, 9.17) is 9.47 Å². The van der Waals surface area contributed by atoms with Gasteiger partial charge in [-0.2, -0.15) is 5.10 Å². The van der Waals surface area contributed by atoms with E-state index in [1.807, 2.05) is 6.92 Å². The minimum Gasteiger partial charge on any atom is -0.494 e. The monoisotopic (exact) mass is 331 g/mol. The van der Waals surface area contributed by atoms with Crippen LogP contribution in [0.5, 0.6) is 5.75 Å². The van der Waals surface area contributed by atoms with Crippen LogP contribution < -0.4 is 10.1 Å². The highest BCUT2D eigenvalue weighted by atomic mass is 16.5. The molecule has 0 aliphatic carbocycles. The van der Waals surface area contributed by atoms with Crippen molar-refractivity contribution >= 4 is 17.7 Å². The van der Waals surface area contributed by atoms with Crippen molar-refractivity contribution in [1.29, 1.82) is 0 Å². The first-order chi connectivity index (χ1) is 11.5. The number of esters is 1. The van der Waals surface area contributed by atoms with E-state index in [1.165, 1.54) is 4.68 Å². The molecule has 2 rings (SSSR count). The van der Waals surface area contributed by atoms with Gasteiger partial charge in [0.05, 0.1) is 18.9 Å². The van der Waals surface area contributed by atoms with E-state index in [0.29, 0.717) is 29.4 Å². The molecule has 0 spiro atoms. The number of ether oxygens (including phenoxy) is 2. The van der Waals surface area contributed by atoms with E-state index in [-0.39, 0.29) is 18.1 Å². The Balaban J connectivity index is 2.24. The summed E-state index contributed by atoms with van der Waals surface area (Å²) in [6.45, 7) is 6.12. The molecule has 0 aliphatic rings. The third-order valence-corrected chi connectivity index (χ3v) is 3.36. The molecule has 7 heteroatoms. The molecule has 1 N–H and O–H groups in total. The minimum atomic E-state index is -0.509. The second-order valence-corrected chi connectivity index (χ2v) is 5.06. The lowest BCUT2D eigenvalue weighted by molar-refractivity contribution is 0.0526. The zero-order valence-electron chi connectivity index (χ0n) is 14.3. The van der Waals surface area contributed by atoms with Crippen molar-refractivity contribution in [3.05, 3.63) is 41.1 Å². The zero-order chi connectivity index (χ0) is 17.7. The number of rotatable bonds is 6. The molecule has 7 nitrogen and oxygen atoms in total. The van der Waals surface area contributed by atoms with Crippen LogP contribution >= 0.6 is 0 Å². The number of anilines is 1. The van der Waals surface area contributed by atoms with Crippen LogP contribution in [0.15, 0.2) is 24.3 Å². The number of aromatic nitrogens is 2. The number of nitrogens with one attached hydrogen (secondary N) is 1. The van der Waals surface area contributed by atoms with Gasteiger partial charge in [0, 0.05) is 12.6 Å². The average Bonchev–Trinajstić information content (AvgIpc) is 2.82. The highest BCUT2D eigenvalue weighted by molar-refractivity contribution is 6.07. The normalized spacial score (nSPS) is 10.3. The first kappa shape index (κ1) is 17.5. The molecule has 2 aromatic rings. The molecule has 24 heavy (non-hydrogen) atoms. The van der Waals surface area contributed by atoms with Crippen LogP contribution in [0.3, 0.4) is 0 Å². The fourth-order valence-corrected chi connectivity index (χ4v) is 2.30. The fourth-order valence-electron chi connectivity index (χ4n) is 2.30. The van der Waals surface area contributed by atoms with Gasteiger partial charge in [0.2, 0.25) is 0 Å². The summed E-state index contributed by atoms with van der Waals surface area (Å²) in [5.74, 6) is 0.152. The van der Waals surface area contributed by atoms with Crippen LogP contribution in [0.4, 0.5) is 5.82 Å². The number of hydrogen-bond acceptors (Lipinski definition) is 5. The van der Waals surface area contributed by atoms with Crippen molar-refractivity contribution in [1.82, 2.24) is 9.78 Å². The van der Waals surface area contributed by atoms with E-state index >= 15 is 0 Å². The first-order valence-electron chi connectivity index (χ1n) is 7.72. The predicted molar refractivity (Wildman–Crippen MR) is 89.5 cm³/mol. The Labute approximate surface area is 140 Å². The summed E-state index contributed by atoms with van der Waals surface area (Å²) < 4.78 is 11.8. The van der Waals surface area contributed by atoms with Gasteiger partial charge in [-0.3, -0.25) is 9.48 Å². The summed E-state index contributed by atoms with van der Waals surface area (Å²) >= 11 is 0. The van der Waals surface area contributed by atoms with Gasteiger partial charge in [-0.05, 0) is 45.0 Å². The maximum absolute atomic E-state index is 12.4. The molecule has 0 radical (unpaired) electrons. The molecule has 0 fully saturated rings. The second kappa shape index (κ2) is 7.63. The van der Waals surface area contributed by atoms with E-state index in [2.05, 4.69) is 10.4 Å². The van der Waals surface area contributed by atoms with Gasteiger partial charge >= 0.3 is 5.97 Å². The zero-order valence-corrected chi connectivity index (χ0v) is 14.3. The smallest absolute Gasteiger partial charge is 0.343 e. The van der Waals surface area contributed by atoms with Crippen molar-refractivity contribution in [3.8, 4) is 5.75 Å². The highest BCUT2D eigenvalue weighted by Crippen LogP contribution is 2.21. The van der Waals surface area contributed by atoms with Gasteiger partial charge in [0.15, 0.2) is 0 Å². The van der Waals surface area contributed by atoms with Crippen LogP contribution in [0, 0.1) is 6.92 Å². The van der Waals surface area contributed by atoms with Gasteiger partial charge < -0.3 is 14.8 Å². The Bertz CT molecular complexity index is 735. The SMILES string of the molecule is CCOC(=O)c1c(C)nn(C)c1NC(=O)c1ccc(OCC)cc1. The van der Waals surface area contributed by atoms with Gasteiger partial charge in [0.25, 0.3) is 5.91 Å². The molecule has 1 heterocycles. The largest absolute Gasteiger partial charge is 0.494 e. The Morgan fingerprint density at radius 3 is 2.42 bits per heavy atom. The van der Waals surface area contributed by atoms with Crippen molar-refractivity contribution in [2.24, 2.45) is 7.05 Å². The molecular weight excluding hydrogens is 310 g/mol. The van der Waals surface area contributed by atoms with Crippen molar-refractivity contribution in [2.45, 2.75) is 20.8 Å². The Hall–Kier alpha value is -2.83. The van der Waals surface area contributed by atoms with E-state index in [1.54, 1.807) is 45.2 Å². The summed E-state index contributed by atoms with van der Waals surface area (Å²) in [5.41, 5.74) is 1.21. The van der Waals surface area contributed by atoms with Gasteiger partial charge in [-0.15, -0.1) is 0 Å². The van der Waals surface area contributed by atoms with Gasteiger partial charge in [0.1, 0.15) is 17.1 Å². The van der Waals surface area contributed by atoms with E-state index < -0.39 is 5.97 Å². The molecule has 0 unspecified atom stereocenters. The minimum absolute atomic E-state index is 0.249. The van der Waals surface area contributed by atoms with Crippen molar-refractivity contribution in [2.75, 3.05) is 18.5 Å². The Morgan fingerprint density at radius 2 is 1.83 bits per heavy atom. The van der Waals surface area contributed by atoms with Crippen LogP contribution in [-0.4, -0.2) is 34.9 Å². The predicted octanol–water partition coefficient (Wildman–Crippen LogP) is 2.56. The summed E-state index contributed by atoms with van der Waals surface area (Å²) in [6.07, 6.45) is 0. The summed E-state index contributed by atoms with van der Waals surface area (Å²) in [7, 11) is 1.66. The summed E-state index contributed by atoms with van der Waals surface area (Å²) in [5, 5.41) is 6.91. The summed E-state index contributed by atoms with van der Waals surface area (Å²) in [4.78, 5) is 24.5. The van der Waals surface area contributed by atoms with E-state index in [9.17, 15) is 9.59 Å². The molecule has 1 aromatic heterocycles. The number of carbonyl (C=O) groups is 2. The fraction of sp³-hybridized carbons (Fsp3) is 0.353. The molecule has 0 saturated carbocycles. The third kappa shape index (κ3) is 3.73. The van der Waals surface area contributed by atoms with Gasteiger partial charge in [-0.25, -0.2) is 4.79 Å². The number of hydrogen-bond donors (Lipinski definition) is 1. The maximum Gasteiger partial charge on any atom is 0.343 e.